The molecule has 130 valence electrons. The Labute approximate surface area is 145 Å². The summed E-state index contributed by atoms with van der Waals surface area (Å²) in [5, 5.41) is 9.46. The van der Waals surface area contributed by atoms with Crippen LogP contribution in [0.1, 0.15) is 29.8 Å². The Morgan fingerprint density at radius 2 is 1.56 bits per heavy atom. The number of nitrogens with zero attached hydrogens (tertiary/aromatic N) is 1. The lowest BCUT2D eigenvalue weighted by Crippen LogP contribution is -2.35. The van der Waals surface area contributed by atoms with Gasteiger partial charge in [-0.1, -0.05) is 37.3 Å². The molecule has 1 amide bonds. The maximum atomic E-state index is 12.7. The smallest absolute Gasteiger partial charge is 0.397 e. The molecule has 2 aromatic rings. The Kier molecular flexibility index (Phi) is 5.89. The molecule has 0 aliphatic carbocycles. The predicted molar refractivity (Wildman–Crippen MR) is 93.0 cm³/mol. The number of amides is 1. The van der Waals surface area contributed by atoms with Crippen molar-refractivity contribution in [1.82, 2.24) is 0 Å². The Morgan fingerprint density at radius 3 is 2.16 bits per heavy atom. The highest BCUT2D eigenvalue weighted by Gasteiger charge is 2.30. The maximum absolute atomic E-state index is 12.7. The molecule has 6 heteroatoms. The topological polar surface area (TPSA) is 83.9 Å². The first-order valence-electron chi connectivity index (χ1n) is 7.92. The second kappa shape index (κ2) is 8.10. The molecule has 0 aliphatic heterocycles. The van der Waals surface area contributed by atoms with Gasteiger partial charge in [0, 0.05) is 0 Å². The average molecular weight is 341 g/mol. The second-order valence-corrected chi connectivity index (χ2v) is 5.17. The number of carboxylic acid groups (broad SMARTS) is 1. The van der Waals surface area contributed by atoms with E-state index in [-0.39, 0.29) is 17.9 Å². The molecule has 0 bridgehead atoms. The summed E-state index contributed by atoms with van der Waals surface area (Å²) in [6.07, 6.45) is 0.609. The highest BCUT2D eigenvalue weighted by molar-refractivity contribution is 6.40. The number of aromatic carboxylic acids is 1. The Balaban J connectivity index is 2.68. The van der Waals surface area contributed by atoms with Crippen LogP contribution in [0.4, 0.5) is 11.4 Å². The van der Waals surface area contributed by atoms with Crippen molar-refractivity contribution in [3.63, 3.8) is 0 Å². The largest absolute Gasteiger partial charge is 0.478 e. The number of ether oxygens (including phenoxy) is 1. The van der Waals surface area contributed by atoms with Crippen LogP contribution in [0.2, 0.25) is 0 Å². The summed E-state index contributed by atoms with van der Waals surface area (Å²) in [6, 6.07) is 13.1. The Morgan fingerprint density at radius 1 is 0.960 bits per heavy atom. The van der Waals surface area contributed by atoms with Gasteiger partial charge in [0.25, 0.3) is 0 Å². The Bertz CT molecular complexity index is 800. The predicted octanol–water partition coefficient (Wildman–Crippen LogP) is 3.18. The molecule has 0 saturated heterocycles. The molecule has 0 atom stereocenters. The zero-order valence-corrected chi connectivity index (χ0v) is 14.1. The van der Waals surface area contributed by atoms with Crippen molar-refractivity contribution in [2.24, 2.45) is 0 Å². The molecule has 25 heavy (non-hydrogen) atoms. The maximum Gasteiger partial charge on any atom is 0.397 e. The van der Waals surface area contributed by atoms with Crippen LogP contribution in [0.25, 0.3) is 0 Å². The molecular formula is C19H19NO5. The average Bonchev–Trinajstić information content (AvgIpc) is 2.62. The molecule has 1 N–H and O–H groups in total. The lowest BCUT2D eigenvalue weighted by atomic mass is 10.1. The van der Waals surface area contributed by atoms with Crippen molar-refractivity contribution in [2.75, 3.05) is 11.5 Å². The van der Waals surface area contributed by atoms with Gasteiger partial charge in [-0.05, 0) is 37.1 Å². The van der Waals surface area contributed by atoms with E-state index in [1.807, 2.05) is 19.1 Å². The lowest BCUT2D eigenvalue weighted by Gasteiger charge is -2.25. The number of aryl methyl sites for hydroxylation is 1. The molecule has 2 rings (SSSR count). The third kappa shape index (κ3) is 3.85. The summed E-state index contributed by atoms with van der Waals surface area (Å²) in [6.45, 7) is 3.56. The molecular weight excluding hydrogens is 322 g/mol. The van der Waals surface area contributed by atoms with E-state index in [1.54, 1.807) is 31.2 Å². The number of rotatable bonds is 5. The monoisotopic (exact) mass is 341 g/mol. The summed E-state index contributed by atoms with van der Waals surface area (Å²) in [5.41, 5.74) is 1.30. The van der Waals surface area contributed by atoms with Crippen LogP contribution in [0.3, 0.4) is 0 Å². The number of hydrogen-bond acceptors (Lipinski definition) is 4. The second-order valence-electron chi connectivity index (χ2n) is 5.17. The van der Waals surface area contributed by atoms with Gasteiger partial charge < -0.3 is 9.84 Å². The standard InChI is InChI=1S/C19H19NO5/c1-3-13-9-5-7-11-15(13)20(17(21)19(24)25-4-2)16-12-8-6-10-14(16)18(22)23/h5-12H,3-4H2,1-2H3,(H,22,23). The number of benzene rings is 2. The minimum Gasteiger partial charge on any atom is -0.478 e. The minimum atomic E-state index is -1.19. The number of carbonyl (C=O) groups is 3. The van der Waals surface area contributed by atoms with E-state index in [9.17, 15) is 19.5 Å². The number of hydrogen-bond donors (Lipinski definition) is 1. The molecule has 2 aromatic carbocycles. The van der Waals surface area contributed by atoms with Gasteiger partial charge in [-0.15, -0.1) is 0 Å². The number of para-hydroxylation sites is 2. The molecule has 0 fully saturated rings. The van der Waals surface area contributed by atoms with E-state index in [0.29, 0.717) is 12.1 Å². The highest BCUT2D eigenvalue weighted by atomic mass is 16.5. The number of esters is 1. The first kappa shape index (κ1) is 18.2. The first-order chi connectivity index (χ1) is 12.0. The molecule has 6 nitrogen and oxygen atoms in total. The van der Waals surface area contributed by atoms with Crippen molar-refractivity contribution in [3.8, 4) is 0 Å². The van der Waals surface area contributed by atoms with Crippen molar-refractivity contribution in [3.05, 3.63) is 59.7 Å². The van der Waals surface area contributed by atoms with Gasteiger partial charge in [0.1, 0.15) is 0 Å². The van der Waals surface area contributed by atoms with Crippen LogP contribution in [-0.4, -0.2) is 29.6 Å². The molecule has 0 saturated carbocycles. The molecule has 0 aliphatic rings. The zero-order valence-electron chi connectivity index (χ0n) is 14.1. The molecule has 0 spiro atoms. The van der Waals surface area contributed by atoms with Crippen molar-refractivity contribution in [2.45, 2.75) is 20.3 Å². The summed E-state index contributed by atoms with van der Waals surface area (Å²) in [4.78, 5) is 37.5. The van der Waals surface area contributed by atoms with E-state index in [2.05, 4.69) is 0 Å². The van der Waals surface area contributed by atoms with E-state index < -0.39 is 17.8 Å². The lowest BCUT2D eigenvalue weighted by molar-refractivity contribution is -0.152. The molecule has 0 heterocycles. The third-order valence-electron chi connectivity index (χ3n) is 3.64. The van der Waals surface area contributed by atoms with Gasteiger partial charge in [-0.3, -0.25) is 9.69 Å². The number of anilines is 2. The van der Waals surface area contributed by atoms with Crippen LogP contribution < -0.4 is 4.90 Å². The molecule has 0 unspecified atom stereocenters. The first-order valence-corrected chi connectivity index (χ1v) is 7.92. The summed E-state index contributed by atoms with van der Waals surface area (Å²) in [5.74, 6) is -3.16. The van der Waals surface area contributed by atoms with Crippen LogP contribution in [0.15, 0.2) is 48.5 Å². The fourth-order valence-corrected chi connectivity index (χ4v) is 2.51. The molecule has 0 aromatic heterocycles. The fraction of sp³-hybridized carbons (Fsp3) is 0.211. The summed E-state index contributed by atoms with van der Waals surface area (Å²) in [7, 11) is 0. The van der Waals surface area contributed by atoms with Crippen LogP contribution in [0, 0.1) is 0 Å². The molecule has 0 radical (unpaired) electrons. The van der Waals surface area contributed by atoms with Crippen LogP contribution in [0.5, 0.6) is 0 Å². The van der Waals surface area contributed by atoms with Crippen molar-refractivity contribution in [1.29, 1.82) is 0 Å². The van der Waals surface area contributed by atoms with Gasteiger partial charge in [-0.25, -0.2) is 9.59 Å². The summed E-state index contributed by atoms with van der Waals surface area (Å²) < 4.78 is 4.82. The van der Waals surface area contributed by atoms with Crippen LogP contribution >= 0.6 is 0 Å². The minimum absolute atomic E-state index is 0.0500. The van der Waals surface area contributed by atoms with Gasteiger partial charge >= 0.3 is 17.8 Å². The highest BCUT2D eigenvalue weighted by Crippen LogP contribution is 2.32. The van der Waals surface area contributed by atoms with Crippen molar-refractivity contribution >= 4 is 29.2 Å². The van der Waals surface area contributed by atoms with E-state index >= 15 is 0 Å². The number of carboxylic acids is 1. The van der Waals surface area contributed by atoms with E-state index in [1.165, 1.54) is 12.1 Å². The SMILES string of the molecule is CCOC(=O)C(=O)N(c1ccccc1CC)c1ccccc1C(=O)O. The number of carbonyl (C=O) groups excluding carboxylic acids is 2. The van der Waals surface area contributed by atoms with Gasteiger partial charge in [0.2, 0.25) is 0 Å². The summed E-state index contributed by atoms with van der Waals surface area (Å²) >= 11 is 0. The van der Waals surface area contributed by atoms with Gasteiger partial charge in [-0.2, -0.15) is 0 Å². The van der Waals surface area contributed by atoms with Gasteiger partial charge in [0.15, 0.2) is 0 Å². The third-order valence-corrected chi connectivity index (χ3v) is 3.64. The van der Waals surface area contributed by atoms with Crippen LogP contribution in [-0.2, 0) is 20.7 Å². The van der Waals surface area contributed by atoms with Gasteiger partial charge in [0.05, 0.1) is 23.5 Å². The zero-order chi connectivity index (χ0) is 18.4. The van der Waals surface area contributed by atoms with E-state index in [4.69, 9.17) is 4.74 Å². The Hall–Kier alpha value is -3.15. The van der Waals surface area contributed by atoms with E-state index in [0.717, 1.165) is 10.5 Å². The van der Waals surface area contributed by atoms with Crippen molar-refractivity contribution < 1.29 is 24.2 Å². The fourth-order valence-electron chi connectivity index (χ4n) is 2.51. The quantitative estimate of drug-likeness (QED) is 0.667. The normalized spacial score (nSPS) is 10.2.